The normalized spacial score (nSPS) is 16.6. The summed E-state index contributed by atoms with van der Waals surface area (Å²) in [5, 5.41) is 4.61. The molecule has 0 saturated heterocycles. The lowest BCUT2D eigenvalue weighted by molar-refractivity contribution is 0.343. The van der Waals surface area contributed by atoms with Crippen molar-refractivity contribution in [1.29, 1.82) is 0 Å². The SMILES string of the molecule is CC(C)C(C)C[N]CC(C)C(C)C. The number of hydrogen-bond acceptors (Lipinski definition) is 0. The van der Waals surface area contributed by atoms with Crippen LogP contribution >= 0.6 is 0 Å². The van der Waals surface area contributed by atoms with Crippen molar-refractivity contribution in [3.63, 3.8) is 0 Å². The Kier molecular flexibility index (Phi) is 6.40. The van der Waals surface area contributed by atoms with Crippen LogP contribution in [0.5, 0.6) is 0 Å². The zero-order chi connectivity index (χ0) is 10.4. The number of rotatable bonds is 6. The fourth-order valence-corrected chi connectivity index (χ4v) is 0.903. The summed E-state index contributed by atoms with van der Waals surface area (Å²) >= 11 is 0. The number of hydrogen-bond donors (Lipinski definition) is 0. The van der Waals surface area contributed by atoms with Crippen molar-refractivity contribution in [2.24, 2.45) is 23.7 Å². The molecule has 1 nitrogen and oxygen atoms in total. The highest BCUT2D eigenvalue weighted by atomic mass is 14.9. The van der Waals surface area contributed by atoms with Crippen LogP contribution in [-0.2, 0) is 0 Å². The van der Waals surface area contributed by atoms with Gasteiger partial charge in [0, 0.05) is 13.1 Å². The van der Waals surface area contributed by atoms with Gasteiger partial charge in [-0.15, -0.1) is 0 Å². The van der Waals surface area contributed by atoms with Crippen LogP contribution in [-0.4, -0.2) is 13.1 Å². The van der Waals surface area contributed by atoms with Gasteiger partial charge in [0.1, 0.15) is 0 Å². The van der Waals surface area contributed by atoms with Gasteiger partial charge >= 0.3 is 0 Å². The molecule has 0 aromatic heterocycles. The van der Waals surface area contributed by atoms with Gasteiger partial charge in [-0.05, 0) is 23.7 Å². The van der Waals surface area contributed by atoms with Crippen LogP contribution in [0.25, 0.3) is 0 Å². The van der Waals surface area contributed by atoms with Crippen molar-refractivity contribution >= 4 is 0 Å². The molecule has 0 aliphatic rings. The van der Waals surface area contributed by atoms with E-state index >= 15 is 0 Å². The van der Waals surface area contributed by atoms with Crippen molar-refractivity contribution in [3.05, 3.63) is 0 Å². The predicted octanol–water partition coefficient (Wildman–Crippen LogP) is 3.18. The second-order valence-corrected chi connectivity index (χ2v) is 5.03. The summed E-state index contributed by atoms with van der Waals surface area (Å²) in [5.41, 5.74) is 0. The highest BCUT2D eigenvalue weighted by Gasteiger charge is 2.10. The van der Waals surface area contributed by atoms with Crippen molar-refractivity contribution in [1.82, 2.24) is 5.32 Å². The second kappa shape index (κ2) is 6.42. The lowest BCUT2D eigenvalue weighted by Crippen LogP contribution is -2.24. The molecule has 0 spiro atoms. The van der Waals surface area contributed by atoms with Crippen molar-refractivity contribution in [2.75, 3.05) is 13.1 Å². The van der Waals surface area contributed by atoms with Gasteiger partial charge < -0.3 is 0 Å². The molecule has 0 aliphatic heterocycles. The molecule has 1 radical (unpaired) electrons. The Balaban J connectivity index is 3.45. The summed E-state index contributed by atoms with van der Waals surface area (Å²) in [6.07, 6.45) is 0. The van der Waals surface area contributed by atoms with E-state index in [1.54, 1.807) is 0 Å². The van der Waals surface area contributed by atoms with E-state index in [4.69, 9.17) is 0 Å². The van der Waals surface area contributed by atoms with E-state index < -0.39 is 0 Å². The van der Waals surface area contributed by atoms with E-state index in [9.17, 15) is 0 Å². The Bertz CT molecular complexity index is 104. The van der Waals surface area contributed by atoms with E-state index in [-0.39, 0.29) is 0 Å². The average Bonchev–Trinajstić information content (AvgIpc) is 2.03. The summed E-state index contributed by atoms with van der Waals surface area (Å²) in [4.78, 5) is 0. The standard InChI is InChI=1S/C12H26N/c1-9(2)11(5)7-13-8-12(6)10(3)4/h9-12H,7-8H2,1-6H3. The van der Waals surface area contributed by atoms with Crippen molar-refractivity contribution in [3.8, 4) is 0 Å². The Hall–Kier alpha value is -0.0400. The second-order valence-electron chi connectivity index (χ2n) is 5.03. The maximum Gasteiger partial charge on any atom is 0.0161 e. The molecule has 0 rings (SSSR count). The molecular weight excluding hydrogens is 158 g/mol. The summed E-state index contributed by atoms with van der Waals surface area (Å²) in [7, 11) is 0. The van der Waals surface area contributed by atoms with Crippen LogP contribution in [0, 0.1) is 23.7 Å². The van der Waals surface area contributed by atoms with Crippen LogP contribution in [0.4, 0.5) is 0 Å². The van der Waals surface area contributed by atoms with Crippen LogP contribution in [0.2, 0.25) is 0 Å². The maximum atomic E-state index is 4.61. The van der Waals surface area contributed by atoms with Gasteiger partial charge in [0.25, 0.3) is 0 Å². The third kappa shape index (κ3) is 6.09. The van der Waals surface area contributed by atoms with Crippen molar-refractivity contribution in [2.45, 2.75) is 41.5 Å². The molecule has 1 heteroatoms. The molecule has 0 aromatic carbocycles. The first-order valence-corrected chi connectivity index (χ1v) is 5.58. The fraction of sp³-hybridized carbons (Fsp3) is 1.00. The predicted molar refractivity (Wildman–Crippen MR) is 59.9 cm³/mol. The Morgan fingerprint density at radius 3 is 1.23 bits per heavy atom. The Labute approximate surface area is 84.3 Å². The largest absolute Gasteiger partial charge is 0.241 e. The van der Waals surface area contributed by atoms with Crippen LogP contribution in [0.1, 0.15) is 41.5 Å². The smallest absolute Gasteiger partial charge is 0.0161 e. The monoisotopic (exact) mass is 184 g/mol. The lowest BCUT2D eigenvalue weighted by atomic mass is 9.96. The molecule has 79 valence electrons. The van der Waals surface area contributed by atoms with E-state index in [0.29, 0.717) is 0 Å². The highest BCUT2D eigenvalue weighted by molar-refractivity contribution is 4.64. The van der Waals surface area contributed by atoms with Gasteiger partial charge in [-0.3, -0.25) is 0 Å². The van der Waals surface area contributed by atoms with E-state index in [2.05, 4.69) is 46.9 Å². The first-order valence-electron chi connectivity index (χ1n) is 5.58. The van der Waals surface area contributed by atoms with Gasteiger partial charge in [-0.2, -0.15) is 0 Å². The first kappa shape index (κ1) is 13.0. The average molecular weight is 184 g/mol. The van der Waals surface area contributed by atoms with E-state index in [1.807, 2.05) is 0 Å². The van der Waals surface area contributed by atoms with E-state index in [0.717, 1.165) is 36.8 Å². The quantitative estimate of drug-likeness (QED) is 0.602. The minimum Gasteiger partial charge on any atom is -0.241 e. The highest BCUT2D eigenvalue weighted by Crippen LogP contribution is 2.11. The van der Waals surface area contributed by atoms with Crippen LogP contribution in [0.15, 0.2) is 0 Å². The first-order chi connectivity index (χ1) is 5.95. The van der Waals surface area contributed by atoms with Crippen molar-refractivity contribution < 1.29 is 0 Å². The molecule has 2 atom stereocenters. The molecule has 0 saturated carbocycles. The maximum absolute atomic E-state index is 4.61. The summed E-state index contributed by atoms with van der Waals surface area (Å²) in [5.74, 6) is 3.00. The number of nitrogens with zero attached hydrogens (tertiary/aromatic N) is 1. The Morgan fingerprint density at radius 1 is 0.692 bits per heavy atom. The lowest BCUT2D eigenvalue weighted by Gasteiger charge is -2.18. The molecule has 13 heavy (non-hydrogen) atoms. The van der Waals surface area contributed by atoms with Crippen LogP contribution in [0.3, 0.4) is 0 Å². The fourth-order valence-electron chi connectivity index (χ4n) is 0.903. The Morgan fingerprint density at radius 2 is 1.00 bits per heavy atom. The van der Waals surface area contributed by atoms with Crippen LogP contribution < -0.4 is 5.32 Å². The minimum absolute atomic E-state index is 0.736. The topological polar surface area (TPSA) is 14.1 Å². The van der Waals surface area contributed by atoms with Gasteiger partial charge in [-0.25, -0.2) is 5.32 Å². The summed E-state index contributed by atoms with van der Waals surface area (Å²) in [6.45, 7) is 15.7. The molecule has 0 aromatic rings. The third-order valence-electron chi connectivity index (χ3n) is 3.11. The van der Waals surface area contributed by atoms with Gasteiger partial charge in [0.2, 0.25) is 0 Å². The molecule has 0 amide bonds. The third-order valence-corrected chi connectivity index (χ3v) is 3.11. The summed E-state index contributed by atoms with van der Waals surface area (Å²) in [6, 6.07) is 0. The minimum atomic E-state index is 0.736. The zero-order valence-corrected chi connectivity index (χ0v) is 10.2. The molecule has 2 unspecified atom stereocenters. The molecular formula is C12H26N. The molecule has 0 aliphatic carbocycles. The van der Waals surface area contributed by atoms with Gasteiger partial charge in [-0.1, -0.05) is 41.5 Å². The van der Waals surface area contributed by atoms with Gasteiger partial charge in [0.15, 0.2) is 0 Å². The van der Waals surface area contributed by atoms with Gasteiger partial charge in [0.05, 0.1) is 0 Å². The summed E-state index contributed by atoms with van der Waals surface area (Å²) < 4.78 is 0. The van der Waals surface area contributed by atoms with E-state index in [1.165, 1.54) is 0 Å². The molecule has 0 fully saturated rings. The molecule has 0 N–H and O–H groups in total. The molecule has 0 bridgehead atoms. The molecule has 0 heterocycles. The zero-order valence-electron chi connectivity index (χ0n) is 10.2.